The third-order valence-electron chi connectivity index (χ3n) is 2.05. The van der Waals surface area contributed by atoms with Crippen LogP contribution in [0.5, 0.6) is 0 Å². The number of carbonyl (C=O) groups is 2. The minimum atomic E-state index is -0.0963. The van der Waals surface area contributed by atoms with Crippen LogP contribution in [-0.2, 0) is 4.79 Å². The van der Waals surface area contributed by atoms with Gasteiger partial charge in [0.1, 0.15) is 6.29 Å². The van der Waals surface area contributed by atoms with Gasteiger partial charge in [0.2, 0.25) is 0 Å². The predicted octanol–water partition coefficient (Wildman–Crippen LogP) is 2.19. The third kappa shape index (κ3) is 2.25. The minimum Gasteiger partial charge on any atom is -0.303 e. The lowest BCUT2D eigenvalue weighted by Crippen LogP contribution is -1.96. The Bertz CT molecular complexity index is 311. The number of benzene rings is 1. The van der Waals surface area contributed by atoms with Crippen molar-refractivity contribution in [3.8, 4) is 0 Å². The quantitative estimate of drug-likeness (QED) is 0.522. The molecule has 1 aromatic rings. The summed E-state index contributed by atoms with van der Waals surface area (Å²) in [7, 11) is 0. The Balaban J connectivity index is 2.93. The van der Waals surface area contributed by atoms with Gasteiger partial charge in [-0.05, 0) is 12.5 Å². The molecule has 0 aliphatic rings. The first-order valence-electron chi connectivity index (χ1n) is 4.21. The number of hydrogen-bond donors (Lipinski definition) is 0. The van der Waals surface area contributed by atoms with E-state index in [0.29, 0.717) is 5.56 Å². The van der Waals surface area contributed by atoms with Crippen molar-refractivity contribution >= 4 is 12.1 Å². The van der Waals surface area contributed by atoms with Crippen molar-refractivity contribution in [1.82, 2.24) is 0 Å². The van der Waals surface area contributed by atoms with Crippen LogP contribution >= 0.6 is 0 Å². The van der Waals surface area contributed by atoms with Gasteiger partial charge in [-0.3, -0.25) is 4.79 Å². The van der Waals surface area contributed by atoms with E-state index in [0.717, 1.165) is 11.8 Å². The summed E-state index contributed by atoms with van der Waals surface area (Å²) in [5, 5.41) is 0. The summed E-state index contributed by atoms with van der Waals surface area (Å²) in [5.41, 5.74) is 1.63. The molecule has 1 rings (SSSR count). The Morgan fingerprint density at radius 3 is 2.23 bits per heavy atom. The zero-order valence-electron chi connectivity index (χ0n) is 7.78. The summed E-state index contributed by atoms with van der Waals surface area (Å²) >= 11 is 0. The normalized spacial score (nSPS) is 12.2. The lowest BCUT2D eigenvalue weighted by Gasteiger charge is -2.03. The largest absolute Gasteiger partial charge is 0.303 e. The fourth-order valence-electron chi connectivity index (χ4n) is 1.10. The van der Waals surface area contributed by atoms with Gasteiger partial charge in [-0.1, -0.05) is 31.2 Å². The third-order valence-corrected chi connectivity index (χ3v) is 2.05. The van der Waals surface area contributed by atoms with E-state index in [1.807, 2.05) is 19.1 Å². The molecule has 0 amide bonds. The van der Waals surface area contributed by atoms with E-state index in [1.54, 1.807) is 12.1 Å². The minimum absolute atomic E-state index is 0.0466. The Labute approximate surface area is 77.6 Å². The standard InChI is InChI=1S/C11H12O2/c1-8(7-12)10-3-5-11(6-4-10)9(2)13/h3-8H,1-2H3/t8-/m0/s1. The van der Waals surface area contributed by atoms with Crippen LogP contribution in [0.4, 0.5) is 0 Å². The summed E-state index contributed by atoms with van der Waals surface area (Å²) in [6.07, 6.45) is 0.892. The van der Waals surface area contributed by atoms with E-state index >= 15 is 0 Å². The number of Topliss-reactive ketones (excluding diaryl/α,β-unsaturated/α-hetero) is 1. The summed E-state index contributed by atoms with van der Waals surface area (Å²) in [6, 6.07) is 7.13. The van der Waals surface area contributed by atoms with E-state index in [1.165, 1.54) is 6.92 Å². The number of aldehydes is 1. The maximum absolute atomic E-state index is 10.9. The molecule has 0 N–H and O–H groups in total. The molecule has 0 aromatic heterocycles. The highest BCUT2D eigenvalue weighted by Crippen LogP contribution is 2.13. The molecular weight excluding hydrogens is 164 g/mol. The molecule has 2 heteroatoms. The predicted molar refractivity (Wildman–Crippen MR) is 50.9 cm³/mol. The molecule has 2 nitrogen and oxygen atoms in total. The topological polar surface area (TPSA) is 34.1 Å². The first-order valence-corrected chi connectivity index (χ1v) is 4.21. The van der Waals surface area contributed by atoms with Crippen molar-refractivity contribution < 1.29 is 9.59 Å². The SMILES string of the molecule is CC(=O)c1ccc([C@@H](C)C=O)cc1. The molecule has 0 aliphatic carbocycles. The maximum atomic E-state index is 10.9. The molecule has 1 atom stereocenters. The zero-order valence-corrected chi connectivity index (χ0v) is 7.78. The Kier molecular flexibility index (Phi) is 2.96. The fraction of sp³-hybridized carbons (Fsp3) is 0.273. The lowest BCUT2D eigenvalue weighted by atomic mass is 10.0. The average Bonchev–Trinajstić information content (AvgIpc) is 2.17. The Morgan fingerprint density at radius 2 is 1.85 bits per heavy atom. The number of rotatable bonds is 3. The highest BCUT2D eigenvalue weighted by atomic mass is 16.1. The molecule has 68 valence electrons. The van der Waals surface area contributed by atoms with Crippen molar-refractivity contribution in [2.24, 2.45) is 0 Å². The van der Waals surface area contributed by atoms with Gasteiger partial charge in [-0.25, -0.2) is 0 Å². The summed E-state index contributed by atoms with van der Waals surface area (Å²) in [5.74, 6) is -0.0497. The second-order valence-corrected chi connectivity index (χ2v) is 3.10. The first kappa shape index (κ1) is 9.65. The summed E-state index contributed by atoms with van der Waals surface area (Å²) in [4.78, 5) is 21.4. The number of ketones is 1. The van der Waals surface area contributed by atoms with Crippen LogP contribution < -0.4 is 0 Å². The van der Waals surface area contributed by atoms with Crippen LogP contribution in [0, 0.1) is 0 Å². The number of carbonyl (C=O) groups excluding carboxylic acids is 2. The van der Waals surface area contributed by atoms with E-state index in [9.17, 15) is 9.59 Å². The van der Waals surface area contributed by atoms with Crippen LogP contribution in [0.3, 0.4) is 0 Å². The molecule has 0 heterocycles. The molecule has 0 spiro atoms. The van der Waals surface area contributed by atoms with Crippen LogP contribution in [0.15, 0.2) is 24.3 Å². The van der Waals surface area contributed by atoms with E-state index < -0.39 is 0 Å². The zero-order chi connectivity index (χ0) is 9.84. The van der Waals surface area contributed by atoms with Crippen LogP contribution in [-0.4, -0.2) is 12.1 Å². The van der Waals surface area contributed by atoms with Gasteiger partial charge in [-0.2, -0.15) is 0 Å². The summed E-state index contributed by atoms with van der Waals surface area (Å²) < 4.78 is 0. The molecule has 0 saturated heterocycles. The molecule has 0 saturated carbocycles. The van der Waals surface area contributed by atoms with Gasteiger partial charge < -0.3 is 4.79 Å². The molecule has 0 fully saturated rings. The van der Waals surface area contributed by atoms with Gasteiger partial charge in [0.25, 0.3) is 0 Å². The highest BCUT2D eigenvalue weighted by molar-refractivity contribution is 5.94. The van der Waals surface area contributed by atoms with E-state index in [-0.39, 0.29) is 11.7 Å². The van der Waals surface area contributed by atoms with E-state index in [2.05, 4.69) is 0 Å². The van der Waals surface area contributed by atoms with Crippen LogP contribution in [0.25, 0.3) is 0 Å². The Morgan fingerprint density at radius 1 is 1.31 bits per heavy atom. The molecule has 0 aliphatic heterocycles. The van der Waals surface area contributed by atoms with Crippen LogP contribution in [0.2, 0.25) is 0 Å². The molecular formula is C11H12O2. The van der Waals surface area contributed by atoms with Crippen molar-refractivity contribution in [1.29, 1.82) is 0 Å². The maximum Gasteiger partial charge on any atom is 0.159 e. The first-order chi connectivity index (χ1) is 6.15. The molecule has 0 unspecified atom stereocenters. The average molecular weight is 176 g/mol. The second-order valence-electron chi connectivity index (χ2n) is 3.10. The molecule has 0 radical (unpaired) electrons. The fourth-order valence-corrected chi connectivity index (χ4v) is 1.10. The van der Waals surface area contributed by atoms with Gasteiger partial charge in [0.05, 0.1) is 0 Å². The van der Waals surface area contributed by atoms with Crippen molar-refractivity contribution in [3.63, 3.8) is 0 Å². The summed E-state index contributed by atoms with van der Waals surface area (Å²) in [6.45, 7) is 3.36. The number of hydrogen-bond acceptors (Lipinski definition) is 2. The Hall–Kier alpha value is -1.44. The lowest BCUT2D eigenvalue weighted by molar-refractivity contribution is -0.108. The monoisotopic (exact) mass is 176 g/mol. The molecule has 13 heavy (non-hydrogen) atoms. The van der Waals surface area contributed by atoms with Gasteiger partial charge in [0.15, 0.2) is 5.78 Å². The van der Waals surface area contributed by atoms with Crippen molar-refractivity contribution in [2.75, 3.05) is 0 Å². The highest BCUT2D eigenvalue weighted by Gasteiger charge is 2.04. The van der Waals surface area contributed by atoms with E-state index in [4.69, 9.17) is 0 Å². The van der Waals surface area contributed by atoms with Crippen molar-refractivity contribution in [3.05, 3.63) is 35.4 Å². The van der Waals surface area contributed by atoms with Gasteiger partial charge in [0, 0.05) is 11.5 Å². The van der Waals surface area contributed by atoms with Crippen molar-refractivity contribution in [2.45, 2.75) is 19.8 Å². The second kappa shape index (κ2) is 3.99. The molecule has 0 bridgehead atoms. The van der Waals surface area contributed by atoms with Gasteiger partial charge in [-0.15, -0.1) is 0 Å². The smallest absolute Gasteiger partial charge is 0.159 e. The van der Waals surface area contributed by atoms with Crippen LogP contribution in [0.1, 0.15) is 35.7 Å². The molecule has 1 aromatic carbocycles. The van der Waals surface area contributed by atoms with Gasteiger partial charge >= 0.3 is 0 Å².